The lowest BCUT2D eigenvalue weighted by Crippen LogP contribution is -2.37. The normalized spacial score (nSPS) is 18.6. The van der Waals surface area contributed by atoms with Gasteiger partial charge in [0.25, 0.3) is 0 Å². The van der Waals surface area contributed by atoms with Gasteiger partial charge in [0.15, 0.2) is 6.10 Å². The van der Waals surface area contributed by atoms with Crippen molar-refractivity contribution in [2.45, 2.75) is 25.4 Å². The molecule has 0 heterocycles. The van der Waals surface area contributed by atoms with Crippen molar-refractivity contribution in [2.24, 2.45) is 0 Å². The van der Waals surface area contributed by atoms with Gasteiger partial charge in [-0.2, -0.15) is 13.2 Å². The molecule has 0 saturated heterocycles. The average Bonchev–Trinajstić information content (AvgIpc) is 1.60. The van der Waals surface area contributed by atoms with Gasteiger partial charge >= 0.3 is 6.18 Å². The van der Waals surface area contributed by atoms with E-state index in [0.29, 0.717) is 0 Å². The molecule has 62 valence electrons. The molecular weight excluding hydrogens is 152 g/mol. The summed E-state index contributed by atoms with van der Waals surface area (Å²) in [6, 6.07) is 0. The number of rotatable bonds is 2. The zero-order chi connectivity index (χ0) is 8.36. The van der Waals surface area contributed by atoms with Gasteiger partial charge in [0.2, 0.25) is 0 Å². The van der Waals surface area contributed by atoms with Crippen molar-refractivity contribution >= 4 is 0 Å². The molecule has 0 aromatic carbocycles. The van der Waals surface area contributed by atoms with Gasteiger partial charge in [0, 0.05) is 7.11 Å². The molecular formula is C5H8F4O. The lowest BCUT2D eigenvalue weighted by Gasteiger charge is -2.19. The van der Waals surface area contributed by atoms with Crippen LogP contribution >= 0.6 is 0 Å². The van der Waals surface area contributed by atoms with Gasteiger partial charge in [-0.3, -0.25) is 0 Å². The summed E-state index contributed by atoms with van der Waals surface area (Å²) in [6.07, 6.45) is -8.93. The molecule has 0 aliphatic heterocycles. The van der Waals surface area contributed by atoms with E-state index in [1.807, 2.05) is 0 Å². The summed E-state index contributed by atoms with van der Waals surface area (Å²) in [7, 11) is 0.828. The van der Waals surface area contributed by atoms with Crippen LogP contribution in [0.3, 0.4) is 0 Å². The fourth-order valence-electron chi connectivity index (χ4n) is 0.582. The number of alkyl halides is 4. The molecule has 5 heteroatoms. The first-order chi connectivity index (χ1) is 4.39. The Morgan fingerprint density at radius 2 is 1.70 bits per heavy atom. The van der Waals surface area contributed by atoms with Gasteiger partial charge in [-0.1, -0.05) is 0 Å². The topological polar surface area (TPSA) is 9.23 Å². The van der Waals surface area contributed by atoms with Gasteiger partial charge in [-0.25, -0.2) is 4.39 Å². The third-order valence-corrected chi connectivity index (χ3v) is 0.994. The van der Waals surface area contributed by atoms with Crippen LogP contribution in [0.5, 0.6) is 0 Å². The van der Waals surface area contributed by atoms with Crippen molar-refractivity contribution in [1.82, 2.24) is 0 Å². The molecule has 0 amide bonds. The molecule has 2 atom stereocenters. The third-order valence-electron chi connectivity index (χ3n) is 0.994. The first-order valence-corrected chi connectivity index (χ1v) is 2.63. The highest BCUT2D eigenvalue weighted by atomic mass is 19.4. The van der Waals surface area contributed by atoms with E-state index >= 15 is 0 Å². The van der Waals surface area contributed by atoms with E-state index < -0.39 is 18.5 Å². The highest BCUT2D eigenvalue weighted by molar-refractivity contribution is 4.72. The van der Waals surface area contributed by atoms with Gasteiger partial charge in [0.05, 0.1) is 0 Å². The SMILES string of the molecule is COC(C(C)F)C(F)(F)F. The van der Waals surface area contributed by atoms with Gasteiger partial charge in [0.1, 0.15) is 6.17 Å². The molecule has 0 aliphatic rings. The van der Waals surface area contributed by atoms with Crippen molar-refractivity contribution in [3.05, 3.63) is 0 Å². The minimum Gasteiger partial charge on any atom is -0.369 e. The Labute approximate surface area is 56.0 Å². The predicted molar refractivity (Wildman–Crippen MR) is 27.4 cm³/mol. The highest BCUT2D eigenvalue weighted by Crippen LogP contribution is 2.25. The smallest absolute Gasteiger partial charge is 0.369 e. The second-order valence-corrected chi connectivity index (χ2v) is 1.88. The first-order valence-electron chi connectivity index (χ1n) is 2.63. The van der Waals surface area contributed by atoms with Crippen LogP contribution in [0.2, 0.25) is 0 Å². The lowest BCUT2D eigenvalue weighted by atomic mass is 10.2. The molecule has 0 aromatic heterocycles. The maximum atomic E-state index is 12.0. The number of ether oxygens (including phenoxy) is 1. The minimum absolute atomic E-state index is 0.807. The van der Waals surface area contributed by atoms with E-state index in [4.69, 9.17) is 0 Å². The maximum Gasteiger partial charge on any atom is 0.417 e. The number of halogens is 4. The Balaban J connectivity index is 4.07. The number of hydrogen-bond donors (Lipinski definition) is 0. The Kier molecular flexibility index (Phi) is 3.08. The molecule has 0 rings (SSSR count). The molecule has 0 N–H and O–H groups in total. The maximum absolute atomic E-state index is 12.0. The summed E-state index contributed by atoms with van der Waals surface area (Å²) in [6.45, 7) is 0.807. The molecule has 0 spiro atoms. The summed E-state index contributed by atoms with van der Waals surface area (Å²) in [4.78, 5) is 0. The zero-order valence-electron chi connectivity index (χ0n) is 5.57. The largest absolute Gasteiger partial charge is 0.417 e. The Bertz CT molecular complexity index is 98.3. The molecule has 0 aromatic rings. The van der Waals surface area contributed by atoms with Crippen molar-refractivity contribution in [1.29, 1.82) is 0 Å². The van der Waals surface area contributed by atoms with Crippen LogP contribution in [0.25, 0.3) is 0 Å². The fourth-order valence-corrected chi connectivity index (χ4v) is 0.582. The summed E-state index contributed by atoms with van der Waals surface area (Å²) >= 11 is 0. The highest BCUT2D eigenvalue weighted by Gasteiger charge is 2.43. The van der Waals surface area contributed by atoms with Crippen LogP contribution in [-0.4, -0.2) is 25.6 Å². The number of methoxy groups -OCH3 is 1. The molecule has 10 heavy (non-hydrogen) atoms. The summed E-state index contributed by atoms with van der Waals surface area (Å²) in [5.74, 6) is 0. The Hall–Kier alpha value is -0.320. The minimum atomic E-state index is -4.61. The average molecular weight is 160 g/mol. The standard InChI is InChI=1S/C5H8F4O/c1-3(6)4(10-2)5(7,8)9/h3-4H,1-2H3. The van der Waals surface area contributed by atoms with Crippen molar-refractivity contribution < 1.29 is 22.3 Å². The third kappa shape index (κ3) is 2.51. The van der Waals surface area contributed by atoms with Crippen LogP contribution in [0, 0.1) is 0 Å². The fraction of sp³-hybridized carbons (Fsp3) is 1.00. The van der Waals surface area contributed by atoms with Gasteiger partial charge < -0.3 is 4.74 Å². The molecule has 0 bridgehead atoms. The molecule has 0 saturated carbocycles. The van der Waals surface area contributed by atoms with Crippen molar-refractivity contribution in [2.75, 3.05) is 7.11 Å². The number of hydrogen-bond acceptors (Lipinski definition) is 1. The zero-order valence-corrected chi connectivity index (χ0v) is 5.57. The van der Waals surface area contributed by atoms with Crippen LogP contribution < -0.4 is 0 Å². The van der Waals surface area contributed by atoms with Gasteiger partial charge in [-0.05, 0) is 6.92 Å². The predicted octanol–water partition coefficient (Wildman–Crippen LogP) is 1.92. The quantitative estimate of drug-likeness (QED) is 0.561. The summed E-state index contributed by atoms with van der Waals surface area (Å²) < 4.78 is 50.7. The van der Waals surface area contributed by atoms with E-state index in [9.17, 15) is 17.6 Å². The summed E-state index contributed by atoms with van der Waals surface area (Å²) in [5, 5.41) is 0. The van der Waals surface area contributed by atoms with Crippen LogP contribution in [0.15, 0.2) is 0 Å². The van der Waals surface area contributed by atoms with Crippen LogP contribution in [-0.2, 0) is 4.74 Å². The first kappa shape index (κ1) is 9.68. The molecule has 1 nitrogen and oxygen atoms in total. The van der Waals surface area contributed by atoms with E-state index in [2.05, 4.69) is 4.74 Å². The monoisotopic (exact) mass is 160 g/mol. The van der Waals surface area contributed by atoms with Crippen molar-refractivity contribution in [3.63, 3.8) is 0 Å². The second-order valence-electron chi connectivity index (χ2n) is 1.88. The van der Waals surface area contributed by atoms with E-state index in [1.54, 1.807) is 0 Å². The molecule has 2 unspecified atom stereocenters. The van der Waals surface area contributed by atoms with Crippen LogP contribution in [0.1, 0.15) is 6.92 Å². The lowest BCUT2D eigenvalue weighted by molar-refractivity contribution is -0.227. The Morgan fingerprint density at radius 1 is 1.30 bits per heavy atom. The Morgan fingerprint density at radius 3 is 1.70 bits per heavy atom. The van der Waals surface area contributed by atoms with E-state index in [1.165, 1.54) is 0 Å². The molecule has 0 radical (unpaired) electrons. The second kappa shape index (κ2) is 3.18. The van der Waals surface area contributed by atoms with Gasteiger partial charge in [-0.15, -0.1) is 0 Å². The molecule has 0 aliphatic carbocycles. The molecule has 0 fully saturated rings. The van der Waals surface area contributed by atoms with Crippen LogP contribution in [0.4, 0.5) is 17.6 Å². The van der Waals surface area contributed by atoms with E-state index in [-0.39, 0.29) is 0 Å². The van der Waals surface area contributed by atoms with E-state index in [0.717, 1.165) is 14.0 Å². The summed E-state index contributed by atoms with van der Waals surface area (Å²) in [5.41, 5.74) is 0. The van der Waals surface area contributed by atoms with Crippen molar-refractivity contribution in [3.8, 4) is 0 Å².